The van der Waals surface area contributed by atoms with E-state index in [2.05, 4.69) is 19.5 Å². The SMILES string of the molecule is Cc1ccc(S(=O)(=O)N[C@@H]2[C@@H](O)[C@@H](O[C@@H]3[C@@H](O)[C@H](O[C@H]4O[C@H](CNC(=O)OCc5ccccc5)[C@H](O)[C@@H](F)[C@H]4O)[C@@H](NS(=O)(=O)c4ccc(C)cc4)C[C@H]3NS(=O)(=O)c3ccc(C)cc3)O[C@H](CO)[C@H]2O)cc1. The Balaban J connectivity index is 1.23. The van der Waals surface area contributed by atoms with Crippen LogP contribution in [0.4, 0.5) is 9.18 Å². The van der Waals surface area contributed by atoms with Crippen LogP contribution in [-0.4, -0.2) is 167 Å². The molecule has 0 aromatic heterocycles. The molecule has 2 saturated heterocycles. The van der Waals surface area contributed by atoms with Crippen LogP contribution in [0, 0.1) is 20.8 Å². The average Bonchev–Trinajstić information content (AvgIpc) is 3.35. The van der Waals surface area contributed by atoms with E-state index in [9.17, 15) is 60.7 Å². The van der Waals surface area contributed by atoms with Gasteiger partial charge < -0.3 is 59.6 Å². The summed E-state index contributed by atoms with van der Waals surface area (Å²) in [5.74, 6) is 0. The number of sulfonamides is 3. The summed E-state index contributed by atoms with van der Waals surface area (Å²) in [6.07, 6.45) is -26.9. The third kappa shape index (κ3) is 13.5. The zero-order chi connectivity index (χ0) is 53.0. The summed E-state index contributed by atoms with van der Waals surface area (Å²) in [7, 11) is -13.8. The monoisotopic (exact) mass is 1080 g/mol. The number of ether oxygens (including phenoxy) is 5. The molecule has 1 aliphatic carbocycles. The van der Waals surface area contributed by atoms with Gasteiger partial charge in [-0.3, -0.25) is 0 Å². The highest BCUT2D eigenvalue weighted by Gasteiger charge is 2.55. The van der Waals surface area contributed by atoms with Crippen LogP contribution in [0.3, 0.4) is 0 Å². The molecule has 4 aromatic rings. The van der Waals surface area contributed by atoms with E-state index in [4.69, 9.17) is 23.7 Å². The molecule has 0 bridgehead atoms. The van der Waals surface area contributed by atoms with Crippen LogP contribution in [0.15, 0.2) is 118 Å². The van der Waals surface area contributed by atoms with Crippen molar-refractivity contribution in [3.8, 4) is 0 Å². The molecule has 0 radical (unpaired) electrons. The molecule has 15 atom stereocenters. The number of aliphatic hydroxyl groups is 6. The first-order valence-electron chi connectivity index (χ1n) is 23.0. The number of aryl methyl sites for hydroxylation is 3. The summed E-state index contributed by atoms with van der Waals surface area (Å²) in [5.41, 5.74) is 2.72. The summed E-state index contributed by atoms with van der Waals surface area (Å²) < 4.78 is 136. The Hall–Kier alpha value is -4.59. The largest absolute Gasteiger partial charge is 0.445 e. The first-order chi connectivity index (χ1) is 34.5. The molecule has 22 nitrogen and oxygen atoms in total. The average molecular weight is 1080 g/mol. The van der Waals surface area contributed by atoms with E-state index in [0.29, 0.717) is 22.3 Å². The molecule has 1 saturated carbocycles. The number of hydrogen-bond donors (Lipinski definition) is 10. The summed E-state index contributed by atoms with van der Waals surface area (Å²) in [5, 5.41) is 70.1. The number of carbonyl (C=O) groups is 1. The highest BCUT2D eigenvalue weighted by Crippen LogP contribution is 2.35. The van der Waals surface area contributed by atoms with E-state index in [1.807, 2.05) is 0 Å². The molecule has 2 heterocycles. The highest BCUT2D eigenvalue weighted by molar-refractivity contribution is 7.90. The lowest BCUT2D eigenvalue weighted by Gasteiger charge is -2.49. The number of hydrogen-bond acceptors (Lipinski definition) is 18. The van der Waals surface area contributed by atoms with Crippen LogP contribution >= 0.6 is 0 Å². The summed E-state index contributed by atoms with van der Waals surface area (Å²) in [6.45, 7) is 3.34. The zero-order valence-electron chi connectivity index (χ0n) is 39.5. The van der Waals surface area contributed by atoms with Crippen molar-refractivity contribution in [3.63, 3.8) is 0 Å². The van der Waals surface area contributed by atoms with Gasteiger partial charge in [0.15, 0.2) is 18.8 Å². The van der Waals surface area contributed by atoms with Crippen LogP contribution in [-0.2, 0) is 60.4 Å². The van der Waals surface area contributed by atoms with E-state index in [1.54, 1.807) is 51.1 Å². The molecule has 2 aliphatic heterocycles. The number of rotatable bonds is 18. The number of amides is 1. The summed E-state index contributed by atoms with van der Waals surface area (Å²) in [6, 6.07) is 19.7. The number of nitrogens with one attached hydrogen (secondary N) is 4. The smallest absolute Gasteiger partial charge is 0.407 e. The van der Waals surface area contributed by atoms with Gasteiger partial charge in [0, 0.05) is 6.54 Å². The Labute approximate surface area is 421 Å². The maximum absolute atomic E-state index is 15.9. The van der Waals surface area contributed by atoms with Crippen molar-refractivity contribution in [1.82, 2.24) is 19.5 Å². The molecule has 4 aromatic carbocycles. The lowest BCUT2D eigenvalue weighted by Crippen LogP contribution is -2.70. The standard InChI is InChI=1S/C47H59FN4O18S3/c1-25-9-15-29(16-10-25)71(60,61)50-32-21-33(51-72(62,63)30-17-11-26(2)12-18-30)44(70-46-41(57)37(39(55)35(23-53)68-46)52-73(64,65)31-19-13-27(3)14-20-31)42(58)43(32)69-45-40(56)36(48)38(54)34(67-45)22-49-47(59)66-24-28-7-5-4-6-8-28/h4-20,32-46,50-58H,21-24H2,1-3H3,(H,49,59)/t32-,33+,34+,35+,36+,37-,38-,39+,40+,41+,42-,43+,44-,45+,46+/m0/s1. The van der Waals surface area contributed by atoms with Crippen molar-refractivity contribution in [2.24, 2.45) is 0 Å². The topological polar surface area (TPSA) is 335 Å². The van der Waals surface area contributed by atoms with Crippen molar-refractivity contribution in [1.29, 1.82) is 0 Å². The van der Waals surface area contributed by atoms with Crippen LogP contribution in [0.2, 0.25) is 0 Å². The molecule has 26 heteroatoms. The van der Waals surface area contributed by atoms with E-state index < -0.39 is 148 Å². The highest BCUT2D eigenvalue weighted by atomic mass is 32.2. The van der Waals surface area contributed by atoms with Crippen molar-refractivity contribution in [2.75, 3.05) is 13.2 Å². The van der Waals surface area contributed by atoms with Gasteiger partial charge in [-0.15, -0.1) is 0 Å². The van der Waals surface area contributed by atoms with Gasteiger partial charge in [-0.1, -0.05) is 83.4 Å². The lowest BCUT2D eigenvalue weighted by atomic mass is 9.84. The van der Waals surface area contributed by atoms with Crippen LogP contribution < -0.4 is 19.5 Å². The number of aliphatic hydroxyl groups excluding tert-OH is 6. The Morgan fingerprint density at radius 1 is 0.589 bits per heavy atom. The van der Waals surface area contributed by atoms with Gasteiger partial charge in [0.05, 0.1) is 39.4 Å². The first-order valence-corrected chi connectivity index (χ1v) is 27.4. The molecule has 1 amide bonds. The van der Waals surface area contributed by atoms with E-state index >= 15 is 4.39 Å². The Kier molecular flexibility index (Phi) is 18.1. The summed E-state index contributed by atoms with van der Waals surface area (Å²) >= 11 is 0. The third-order valence-electron chi connectivity index (χ3n) is 12.6. The Morgan fingerprint density at radius 3 is 1.49 bits per heavy atom. The number of alkyl halides is 1. The first kappa shape index (κ1) is 56.1. The van der Waals surface area contributed by atoms with Crippen molar-refractivity contribution in [3.05, 3.63) is 125 Å². The normalized spacial score (nSPS) is 31.1. The molecule has 3 fully saturated rings. The molecule has 10 N–H and O–H groups in total. The number of halogens is 1. The van der Waals surface area contributed by atoms with Gasteiger partial charge in [-0.05, 0) is 69.2 Å². The van der Waals surface area contributed by atoms with Gasteiger partial charge in [0.2, 0.25) is 30.1 Å². The van der Waals surface area contributed by atoms with Crippen molar-refractivity contribution < 1.29 is 88.8 Å². The third-order valence-corrected chi connectivity index (χ3v) is 17.1. The van der Waals surface area contributed by atoms with Gasteiger partial charge >= 0.3 is 6.09 Å². The molecule has 400 valence electrons. The molecule has 0 spiro atoms. The van der Waals surface area contributed by atoms with Crippen LogP contribution in [0.25, 0.3) is 0 Å². The van der Waals surface area contributed by atoms with E-state index in [0.717, 1.165) is 0 Å². The second-order valence-corrected chi connectivity index (χ2v) is 23.2. The predicted octanol–water partition coefficient (Wildman–Crippen LogP) is -0.362. The van der Waals surface area contributed by atoms with Gasteiger partial charge in [0.25, 0.3) is 0 Å². The minimum atomic E-state index is -4.63. The fourth-order valence-corrected chi connectivity index (χ4v) is 12.3. The van der Waals surface area contributed by atoms with E-state index in [-0.39, 0.29) is 21.3 Å². The maximum atomic E-state index is 15.9. The van der Waals surface area contributed by atoms with Gasteiger partial charge in [0.1, 0.15) is 61.5 Å². The van der Waals surface area contributed by atoms with Crippen molar-refractivity contribution in [2.45, 2.75) is 140 Å². The van der Waals surface area contributed by atoms with Crippen LogP contribution in [0.5, 0.6) is 0 Å². The Bertz CT molecular complexity index is 2820. The minimum Gasteiger partial charge on any atom is -0.445 e. The Morgan fingerprint density at radius 2 is 1.03 bits per heavy atom. The quantitative estimate of drug-likeness (QED) is 0.0608. The molecular weight excluding hydrogens is 1020 g/mol. The number of carbonyl (C=O) groups excluding carboxylic acids is 1. The second kappa shape index (κ2) is 23.5. The van der Waals surface area contributed by atoms with Gasteiger partial charge in [-0.25, -0.2) is 48.6 Å². The predicted molar refractivity (Wildman–Crippen MR) is 254 cm³/mol. The van der Waals surface area contributed by atoms with E-state index in [1.165, 1.54) is 72.8 Å². The lowest BCUT2D eigenvalue weighted by molar-refractivity contribution is -0.329. The number of benzene rings is 4. The number of alkyl carbamates (subject to hydrolysis) is 1. The fraction of sp³-hybridized carbons (Fsp3) is 0.468. The van der Waals surface area contributed by atoms with Gasteiger partial charge in [-0.2, -0.15) is 0 Å². The van der Waals surface area contributed by atoms with Crippen LogP contribution in [0.1, 0.15) is 28.7 Å². The summed E-state index contributed by atoms with van der Waals surface area (Å²) in [4.78, 5) is 11.8. The maximum Gasteiger partial charge on any atom is 0.407 e. The fourth-order valence-electron chi connectivity index (χ4n) is 8.50. The molecule has 73 heavy (non-hydrogen) atoms. The minimum absolute atomic E-state index is 0.157. The molecule has 7 rings (SSSR count). The zero-order valence-corrected chi connectivity index (χ0v) is 41.9. The molecular formula is C47H59FN4O18S3. The molecule has 0 unspecified atom stereocenters. The molecule has 3 aliphatic rings. The second-order valence-electron chi connectivity index (χ2n) is 18.1. The van der Waals surface area contributed by atoms with Crippen molar-refractivity contribution >= 4 is 36.2 Å².